The van der Waals surface area contributed by atoms with Gasteiger partial charge in [-0.1, -0.05) is 0 Å². The Bertz CT molecular complexity index is 1810. The maximum absolute atomic E-state index is 13.0. The van der Waals surface area contributed by atoms with E-state index >= 15 is 0 Å². The molecular weight excluding hydrogens is 654 g/mol. The highest BCUT2D eigenvalue weighted by molar-refractivity contribution is 7.80. The molecule has 252 valence electrons. The van der Waals surface area contributed by atoms with Gasteiger partial charge in [0.2, 0.25) is 5.95 Å². The number of nitrogen functional groups attached to an aromatic ring is 1. The molecule has 2 saturated heterocycles. The Hall–Kier alpha value is -3.53. The summed E-state index contributed by atoms with van der Waals surface area (Å²) in [6.07, 6.45) is -3.80. The first kappa shape index (κ1) is 33.4. The zero-order valence-electron chi connectivity index (χ0n) is 25.9. The number of thiophene rings is 1. The maximum Gasteiger partial charge on any atom is 0.393 e. The SMILES string of the molecule is CNS(=O)N1CCN(CCn2c(C#N)cc3cc(CN4CCC(Nc5nc(N)nc6sc(CC(F)(F)F)cc56)CC4)c(O)cc32)CC1. The molecule has 1 unspecified atom stereocenters. The summed E-state index contributed by atoms with van der Waals surface area (Å²) in [6.45, 7) is 6.30. The third kappa shape index (κ3) is 7.79. The minimum atomic E-state index is -4.31. The van der Waals surface area contributed by atoms with E-state index in [4.69, 9.17) is 5.73 Å². The van der Waals surface area contributed by atoms with Gasteiger partial charge in [-0.15, -0.1) is 11.3 Å². The fraction of sp³-hybridized carbons (Fsp3) is 0.500. The van der Waals surface area contributed by atoms with E-state index in [0.29, 0.717) is 47.9 Å². The third-order valence-corrected chi connectivity index (χ3v) is 11.0. The van der Waals surface area contributed by atoms with Crippen LogP contribution in [0.25, 0.3) is 21.1 Å². The number of rotatable bonds is 10. The molecule has 12 nitrogen and oxygen atoms in total. The first-order valence-electron chi connectivity index (χ1n) is 15.4. The maximum atomic E-state index is 13.0. The Morgan fingerprint density at radius 2 is 1.83 bits per heavy atom. The third-order valence-electron chi connectivity index (χ3n) is 8.75. The number of hydrogen-bond acceptors (Lipinski definition) is 10. The number of aromatic hydroxyl groups is 1. The molecule has 0 aliphatic carbocycles. The second-order valence-corrected chi connectivity index (χ2v) is 14.4. The number of fused-ring (bicyclic) bond motifs is 2. The molecule has 0 bridgehead atoms. The van der Waals surface area contributed by atoms with E-state index in [0.717, 1.165) is 73.4 Å². The number of benzene rings is 1. The van der Waals surface area contributed by atoms with E-state index in [-0.39, 0.29) is 22.6 Å². The molecule has 0 saturated carbocycles. The molecule has 1 aromatic carbocycles. The molecule has 2 aliphatic heterocycles. The fourth-order valence-corrected chi connectivity index (χ4v) is 8.17. The predicted molar refractivity (Wildman–Crippen MR) is 177 cm³/mol. The van der Waals surface area contributed by atoms with E-state index in [9.17, 15) is 27.7 Å². The van der Waals surface area contributed by atoms with Gasteiger partial charge >= 0.3 is 6.18 Å². The van der Waals surface area contributed by atoms with Gasteiger partial charge in [0, 0.05) is 86.8 Å². The van der Waals surface area contributed by atoms with Crippen LogP contribution < -0.4 is 15.8 Å². The summed E-state index contributed by atoms with van der Waals surface area (Å²) < 4.78 is 57.5. The van der Waals surface area contributed by atoms with Crippen LogP contribution in [0, 0.1) is 11.3 Å². The van der Waals surface area contributed by atoms with Gasteiger partial charge in [0.15, 0.2) is 11.2 Å². The van der Waals surface area contributed by atoms with Crippen molar-refractivity contribution in [2.75, 3.05) is 63.9 Å². The quantitative estimate of drug-likeness (QED) is 0.196. The molecule has 3 aromatic heterocycles. The lowest BCUT2D eigenvalue weighted by Gasteiger charge is -2.33. The first-order chi connectivity index (χ1) is 22.5. The predicted octanol–water partition coefficient (Wildman–Crippen LogP) is 3.40. The van der Waals surface area contributed by atoms with Crippen LogP contribution in [0.1, 0.15) is 29.0 Å². The molecule has 47 heavy (non-hydrogen) atoms. The van der Waals surface area contributed by atoms with Gasteiger partial charge in [0.05, 0.1) is 17.3 Å². The molecule has 0 radical (unpaired) electrons. The Labute approximate surface area is 276 Å². The Morgan fingerprint density at radius 3 is 2.51 bits per heavy atom. The van der Waals surface area contributed by atoms with Crippen LogP contribution in [0.2, 0.25) is 0 Å². The molecule has 4 aromatic rings. The molecule has 17 heteroatoms. The number of piperidine rings is 1. The van der Waals surface area contributed by atoms with Crippen molar-refractivity contribution in [1.82, 2.24) is 33.4 Å². The van der Waals surface area contributed by atoms with Gasteiger partial charge in [-0.25, -0.2) is 18.2 Å². The molecular formula is C30H37F3N10O2S2. The highest BCUT2D eigenvalue weighted by atomic mass is 32.2. The van der Waals surface area contributed by atoms with Crippen molar-refractivity contribution in [2.24, 2.45) is 0 Å². The number of aromatic nitrogens is 3. The van der Waals surface area contributed by atoms with E-state index in [2.05, 4.69) is 35.9 Å². The van der Waals surface area contributed by atoms with Gasteiger partial charge in [-0.2, -0.15) is 23.4 Å². The average Bonchev–Trinajstić information content (AvgIpc) is 3.59. The number of phenolic OH excluding ortho intramolecular Hbond substituents is 1. The van der Waals surface area contributed by atoms with Crippen LogP contribution in [0.3, 0.4) is 0 Å². The van der Waals surface area contributed by atoms with Crippen molar-refractivity contribution in [3.05, 3.63) is 40.4 Å². The molecule has 5 heterocycles. The summed E-state index contributed by atoms with van der Waals surface area (Å²) in [4.78, 5) is 13.6. The number of piperazine rings is 1. The van der Waals surface area contributed by atoms with Crippen molar-refractivity contribution < 1.29 is 22.5 Å². The number of hydrogen-bond donors (Lipinski definition) is 4. The molecule has 1 atom stereocenters. The molecule has 0 amide bonds. The number of alkyl halides is 3. The molecule has 5 N–H and O–H groups in total. The monoisotopic (exact) mass is 690 g/mol. The van der Waals surface area contributed by atoms with Crippen LogP contribution >= 0.6 is 11.3 Å². The Balaban J connectivity index is 1.07. The zero-order chi connectivity index (χ0) is 33.3. The fourth-order valence-electron chi connectivity index (χ4n) is 6.35. The number of nitrogens with zero attached hydrogens (tertiary/aromatic N) is 7. The number of anilines is 2. The number of nitriles is 1. The summed E-state index contributed by atoms with van der Waals surface area (Å²) >= 11 is -0.200. The Morgan fingerprint density at radius 1 is 1.09 bits per heavy atom. The second kappa shape index (κ2) is 13.9. The van der Waals surface area contributed by atoms with Gasteiger partial charge in [0.25, 0.3) is 0 Å². The standard InChI is InChI=1S/C30H37F3N10O2S2/c1-36-47(45)42-9-6-40(7-10-42)8-11-43-22(17-34)13-19-12-20(26(44)15-25(19)43)18-41-4-2-21(3-5-41)37-27-24-14-23(16-30(31,32)33)46-28(24)39-29(35)38-27/h12-15,21,36,44H,2-11,16,18H2,1H3,(H3,35,37,38,39). The lowest BCUT2D eigenvalue weighted by molar-refractivity contribution is -0.126. The van der Waals surface area contributed by atoms with E-state index < -0.39 is 23.8 Å². The van der Waals surface area contributed by atoms with Crippen molar-refractivity contribution in [3.63, 3.8) is 0 Å². The van der Waals surface area contributed by atoms with Crippen LogP contribution in [0.5, 0.6) is 5.75 Å². The van der Waals surface area contributed by atoms with E-state index in [1.54, 1.807) is 13.1 Å². The summed E-state index contributed by atoms with van der Waals surface area (Å²) in [6, 6.07) is 9.39. The zero-order valence-corrected chi connectivity index (χ0v) is 27.5. The molecule has 0 spiro atoms. The van der Waals surface area contributed by atoms with Crippen LogP contribution in [0.15, 0.2) is 24.3 Å². The minimum Gasteiger partial charge on any atom is -0.508 e. The van der Waals surface area contributed by atoms with Gasteiger partial charge in [0.1, 0.15) is 28.2 Å². The smallest absolute Gasteiger partial charge is 0.393 e. The number of nitrogens with one attached hydrogen (secondary N) is 2. The lowest BCUT2D eigenvalue weighted by Crippen LogP contribution is -2.49. The van der Waals surface area contributed by atoms with Crippen molar-refractivity contribution in [1.29, 1.82) is 5.26 Å². The lowest BCUT2D eigenvalue weighted by atomic mass is 10.0. The van der Waals surface area contributed by atoms with Crippen LogP contribution in [-0.2, 0) is 30.7 Å². The molecule has 2 aliphatic rings. The number of phenols is 1. The Kier molecular flexibility index (Phi) is 9.88. The van der Waals surface area contributed by atoms with Crippen LogP contribution in [0.4, 0.5) is 24.9 Å². The van der Waals surface area contributed by atoms with Gasteiger partial charge in [-0.3, -0.25) is 9.80 Å². The summed E-state index contributed by atoms with van der Waals surface area (Å²) in [5.41, 5.74) is 7.99. The normalized spacial score (nSPS) is 18.2. The highest BCUT2D eigenvalue weighted by Crippen LogP contribution is 2.35. The van der Waals surface area contributed by atoms with Crippen molar-refractivity contribution >= 4 is 55.4 Å². The second-order valence-electron chi connectivity index (χ2n) is 11.9. The number of likely N-dealkylation sites (tertiary alicyclic amines) is 1. The largest absolute Gasteiger partial charge is 0.508 e. The summed E-state index contributed by atoms with van der Waals surface area (Å²) in [5, 5.41) is 25.7. The minimum absolute atomic E-state index is 0.0129. The van der Waals surface area contributed by atoms with Crippen molar-refractivity contribution in [3.8, 4) is 11.8 Å². The summed E-state index contributed by atoms with van der Waals surface area (Å²) in [7, 11) is 1.68. The van der Waals surface area contributed by atoms with Gasteiger partial charge in [-0.05, 0) is 38.1 Å². The topological polar surface area (TPSA) is 152 Å². The molecule has 6 rings (SSSR count). The molecule has 2 fully saturated rings. The number of halogens is 3. The van der Waals surface area contributed by atoms with Crippen molar-refractivity contribution in [2.45, 2.75) is 44.6 Å². The van der Waals surface area contributed by atoms with E-state index in [1.165, 1.54) is 6.07 Å². The summed E-state index contributed by atoms with van der Waals surface area (Å²) in [5.74, 6) is 0.638. The highest BCUT2D eigenvalue weighted by Gasteiger charge is 2.30. The van der Waals surface area contributed by atoms with Crippen LogP contribution in [-0.4, -0.2) is 103 Å². The van der Waals surface area contributed by atoms with E-state index in [1.807, 2.05) is 21.0 Å². The number of nitrogens with two attached hydrogens (primary N) is 1. The van der Waals surface area contributed by atoms with Gasteiger partial charge < -0.3 is 20.7 Å². The first-order valence-corrected chi connectivity index (χ1v) is 17.4. The average molecular weight is 691 g/mol.